The van der Waals surface area contributed by atoms with Gasteiger partial charge in [0.1, 0.15) is 0 Å². The van der Waals surface area contributed by atoms with Crippen LogP contribution in [-0.4, -0.2) is 0 Å². The van der Waals surface area contributed by atoms with Gasteiger partial charge in [-0.1, -0.05) is 146 Å². The van der Waals surface area contributed by atoms with Crippen LogP contribution in [0.4, 0.5) is 17.1 Å². The van der Waals surface area contributed by atoms with Gasteiger partial charge in [0.05, 0.1) is 5.69 Å². The van der Waals surface area contributed by atoms with Crippen molar-refractivity contribution in [3.8, 4) is 33.4 Å². The zero-order chi connectivity index (χ0) is 31.9. The van der Waals surface area contributed by atoms with E-state index in [0.29, 0.717) is 0 Å². The van der Waals surface area contributed by atoms with Gasteiger partial charge < -0.3 is 4.90 Å². The van der Waals surface area contributed by atoms with Gasteiger partial charge in [-0.05, 0) is 75.8 Å². The van der Waals surface area contributed by atoms with Crippen LogP contribution in [0.15, 0.2) is 188 Å². The van der Waals surface area contributed by atoms with Crippen LogP contribution >= 0.6 is 11.3 Å². The highest BCUT2D eigenvalue weighted by atomic mass is 32.1. The highest BCUT2D eigenvalue weighted by Gasteiger charge is 2.20. The van der Waals surface area contributed by atoms with Gasteiger partial charge >= 0.3 is 0 Å². The highest BCUT2D eigenvalue weighted by Crippen LogP contribution is 2.47. The van der Waals surface area contributed by atoms with Crippen molar-refractivity contribution in [2.24, 2.45) is 0 Å². The van der Waals surface area contributed by atoms with Crippen LogP contribution in [-0.2, 0) is 0 Å². The first-order chi connectivity index (χ1) is 23.8. The molecule has 0 saturated carbocycles. The summed E-state index contributed by atoms with van der Waals surface area (Å²) >= 11 is 1.89. The Bertz CT molecular complexity index is 2430. The summed E-state index contributed by atoms with van der Waals surface area (Å²) in [5.74, 6) is 0. The fourth-order valence-corrected chi connectivity index (χ4v) is 8.09. The molecule has 0 amide bonds. The molecule has 0 N–H and O–H groups in total. The third kappa shape index (κ3) is 5.04. The maximum atomic E-state index is 2.44. The van der Waals surface area contributed by atoms with Gasteiger partial charge in [0.25, 0.3) is 0 Å². The number of hydrogen-bond donors (Lipinski definition) is 0. The molecule has 0 radical (unpaired) electrons. The molecule has 0 saturated heterocycles. The summed E-state index contributed by atoms with van der Waals surface area (Å²) in [6.45, 7) is 0. The van der Waals surface area contributed by atoms with Gasteiger partial charge in [0, 0.05) is 42.3 Å². The van der Waals surface area contributed by atoms with Crippen molar-refractivity contribution in [1.29, 1.82) is 0 Å². The van der Waals surface area contributed by atoms with Gasteiger partial charge in [-0.25, -0.2) is 0 Å². The lowest BCUT2D eigenvalue weighted by Gasteiger charge is -2.28. The second kappa shape index (κ2) is 12.0. The van der Waals surface area contributed by atoms with Gasteiger partial charge in [-0.3, -0.25) is 0 Å². The first-order valence-electron chi connectivity index (χ1n) is 16.3. The molecule has 226 valence electrons. The molecule has 0 fully saturated rings. The third-order valence-corrected chi connectivity index (χ3v) is 10.5. The maximum absolute atomic E-state index is 2.44. The third-order valence-electron chi connectivity index (χ3n) is 9.27. The average molecular weight is 630 g/mol. The van der Waals surface area contributed by atoms with Crippen molar-refractivity contribution in [1.82, 2.24) is 0 Å². The molecule has 0 unspecified atom stereocenters. The predicted molar refractivity (Wildman–Crippen MR) is 208 cm³/mol. The number of rotatable bonds is 6. The molecule has 9 rings (SSSR count). The molecule has 2 heteroatoms. The van der Waals surface area contributed by atoms with E-state index in [1.165, 1.54) is 70.0 Å². The molecule has 1 nitrogen and oxygen atoms in total. The van der Waals surface area contributed by atoms with E-state index in [9.17, 15) is 0 Å². The Balaban J connectivity index is 1.30. The van der Waals surface area contributed by atoms with Crippen molar-refractivity contribution < 1.29 is 0 Å². The lowest BCUT2D eigenvalue weighted by Crippen LogP contribution is -2.10. The summed E-state index contributed by atoms with van der Waals surface area (Å²) < 4.78 is 2.64. The Kier molecular flexibility index (Phi) is 7.07. The molecule has 0 aliphatic carbocycles. The standard InChI is InChI=1S/C46H31NS/c1-4-12-32(13-5-1)35-20-25-38(26-21-35)47(39-27-22-36(23-28-39)33-14-6-2-7-15-33)44-31-43-40-18-10-11-19-45(40)48-46(43)41-29-24-37(30-42(41)44)34-16-8-3-9-17-34/h1-31H. The second-order valence-corrected chi connectivity index (χ2v) is 13.2. The van der Waals surface area contributed by atoms with Crippen molar-refractivity contribution in [2.45, 2.75) is 0 Å². The zero-order valence-electron chi connectivity index (χ0n) is 26.3. The quantitative estimate of drug-likeness (QED) is 0.177. The van der Waals surface area contributed by atoms with E-state index in [1.807, 2.05) is 11.3 Å². The number of anilines is 3. The Morgan fingerprint density at radius 3 is 1.33 bits per heavy atom. The normalized spacial score (nSPS) is 11.3. The summed E-state index contributed by atoms with van der Waals surface area (Å²) in [5.41, 5.74) is 10.7. The van der Waals surface area contributed by atoms with Crippen LogP contribution in [0.25, 0.3) is 64.3 Å². The fraction of sp³-hybridized carbons (Fsp3) is 0. The monoisotopic (exact) mass is 629 g/mol. The van der Waals surface area contributed by atoms with Crippen LogP contribution in [0.2, 0.25) is 0 Å². The summed E-state index contributed by atoms with van der Waals surface area (Å²) in [6.07, 6.45) is 0. The number of fused-ring (bicyclic) bond motifs is 5. The molecule has 0 aliphatic rings. The maximum Gasteiger partial charge on any atom is 0.0547 e. The van der Waals surface area contributed by atoms with E-state index in [-0.39, 0.29) is 0 Å². The van der Waals surface area contributed by atoms with Gasteiger partial charge in [0.15, 0.2) is 0 Å². The Morgan fingerprint density at radius 2 is 0.771 bits per heavy atom. The van der Waals surface area contributed by atoms with Crippen LogP contribution < -0.4 is 4.90 Å². The number of thiophene rings is 1. The van der Waals surface area contributed by atoms with Crippen molar-refractivity contribution in [3.05, 3.63) is 188 Å². The number of benzene rings is 8. The first kappa shape index (κ1) is 28.3. The molecule has 0 aliphatic heterocycles. The van der Waals surface area contributed by atoms with Crippen molar-refractivity contribution in [2.75, 3.05) is 4.90 Å². The van der Waals surface area contributed by atoms with E-state index in [2.05, 4.69) is 193 Å². The van der Waals surface area contributed by atoms with Gasteiger partial charge in [-0.2, -0.15) is 0 Å². The molecule has 0 bridgehead atoms. The van der Waals surface area contributed by atoms with E-state index < -0.39 is 0 Å². The highest BCUT2D eigenvalue weighted by molar-refractivity contribution is 7.26. The van der Waals surface area contributed by atoms with E-state index in [1.54, 1.807) is 0 Å². The molecule has 0 spiro atoms. The van der Waals surface area contributed by atoms with Crippen molar-refractivity contribution in [3.63, 3.8) is 0 Å². The largest absolute Gasteiger partial charge is 0.310 e. The summed E-state index contributed by atoms with van der Waals surface area (Å²) in [4.78, 5) is 2.44. The summed E-state index contributed by atoms with van der Waals surface area (Å²) in [6, 6.07) is 68.1. The molecule has 1 heterocycles. The van der Waals surface area contributed by atoms with E-state index in [4.69, 9.17) is 0 Å². The van der Waals surface area contributed by atoms with Crippen LogP contribution in [0.5, 0.6) is 0 Å². The number of hydrogen-bond acceptors (Lipinski definition) is 2. The molecule has 48 heavy (non-hydrogen) atoms. The Morgan fingerprint density at radius 1 is 0.312 bits per heavy atom. The first-order valence-corrected chi connectivity index (χ1v) is 17.2. The summed E-state index contributed by atoms with van der Waals surface area (Å²) in [5, 5.41) is 5.09. The topological polar surface area (TPSA) is 3.24 Å². The van der Waals surface area contributed by atoms with Gasteiger partial charge in [0.2, 0.25) is 0 Å². The minimum atomic E-state index is 1.12. The van der Waals surface area contributed by atoms with Gasteiger partial charge in [-0.15, -0.1) is 11.3 Å². The lowest BCUT2D eigenvalue weighted by molar-refractivity contribution is 1.30. The average Bonchev–Trinajstić information content (AvgIpc) is 3.55. The molecular formula is C46H31NS. The molecule has 1 aromatic heterocycles. The minimum absolute atomic E-state index is 1.12. The van der Waals surface area contributed by atoms with Crippen LogP contribution in [0.1, 0.15) is 0 Å². The minimum Gasteiger partial charge on any atom is -0.310 e. The van der Waals surface area contributed by atoms with Crippen molar-refractivity contribution >= 4 is 59.3 Å². The Labute approximate surface area is 284 Å². The van der Waals surface area contributed by atoms with E-state index >= 15 is 0 Å². The summed E-state index contributed by atoms with van der Waals surface area (Å²) in [7, 11) is 0. The fourth-order valence-electron chi connectivity index (χ4n) is 6.87. The second-order valence-electron chi connectivity index (χ2n) is 12.2. The number of nitrogens with zero attached hydrogens (tertiary/aromatic N) is 1. The van der Waals surface area contributed by atoms with Crippen LogP contribution in [0, 0.1) is 0 Å². The smallest absolute Gasteiger partial charge is 0.0547 e. The SMILES string of the molecule is c1ccc(-c2ccc(N(c3ccc(-c4ccccc4)cc3)c3cc4c5ccccc5sc4c4ccc(-c5ccccc5)cc34)cc2)cc1. The Hall–Kier alpha value is -5.96. The molecular weight excluding hydrogens is 599 g/mol. The zero-order valence-corrected chi connectivity index (χ0v) is 27.1. The molecule has 0 atom stereocenters. The van der Waals surface area contributed by atoms with E-state index in [0.717, 1.165) is 11.4 Å². The van der Waals surface area contributed by atoms with Crippen LogP contribution in [0.3, 0.4) is 0 Å². The lowest BCUT2D eigenvalue weighted by atomic mass is 9.97. The molecule has 9 aromatic rings. The predicted octanol–water partition coefficient (Wildman–Crippen LogP) is 13.7. The molecule has 8 aromatic carbocycles.